The van der Waals surface area contributed by atoms with Crippen molar-refractivity contribution in [3.63, 3.8) is 0 Å². The molecule has 1 N–H and O–H groups in total. The van der Waals surface area contributed by atoms with Crippen LogP contribution in [0.3, 0.4) is 0 Å². The fourth-order valence-electron chi connectivity index (χ4n) is 1.14. The molecule has 1 aromatic rings. The standard InChI is InChI=1S/C13H19BrO3Si/c1-13(2,3)18(4,5)17-11-8-9(12(15)16)6-7-10(11)14/h6-8H,1-5H3,(H,15,16). The quantitative estimate of drug-likeness (QED) is 0.828. The van der Waals surface area contributed by atoms with Crippen LogP contribution >= 0.6 is 15.9 Å². The van der Waals surface area contributed by atoms with E-state index in [1.165, 1.54) is 0 Å². The molecule has 5 heteroatoms. The van der Waals surface area contributed by atoms with Crippen molar-refractivity contribution in [2.45, 2.75) is 38.9 Å². The summed E-state index contributed by atoms with van der Waals surface area (Å²) in [6, 6.07) is 4.85. The molecule has 0 atom stereocenters. The fraction of sp³-hybridized carbons (Fsp3) is 0.462. The third kappa shape index (κ3) is 3.35. The average molecular weight is 331 g/mol. The minimum Gasteiger partial charge on any atom is -0.543 e. The van der Waals surface area contributed by atoms with E-state index in [0.717, 1.165) is 4.47 Å². The lowest BCUT2D eigenvalue weighted by Gasteiger charge is -2.36. The van der Waals surface area contributed by atoms with Gasteiger partial charge in [0.05, 0.1) is 10.0 Å². The Labute approximate surface area is 117 Å². The van der Waals surface area contributed by atoms with Crippen molar-refractivity contribution in [2.75, 3.05) is 0 Å². The van der Waals surface area contributed by atoms with E-state index >= 15 is 0 Å². The molecule has 0 bridgehead atoms. The van der Waals surface area contributed by atoms with Crippen molar-refractivity contribution in [2.24, 2.45) is 0 Å². The lowest BCUT2D eigenvalue weighted by molar-refractivity contribution is 0.0696. The van der Waals surface area contributed by atoms with Gasteiger partial charge in [0, 0.05) is 0 Å². The summed E-state index contributed by atoms with van der Waals surface area (Å²) in [4.78, 5) is 11.0. The monoisotopic (exact) mass is 330 g/mol. The molecule has 1 rings (SSSR count). The predicted octanol–water partition coefficient (Wildman–Crippen LogP) is 4.53. The summed E-state index contributed by atoms with van der Waals surface area (Å²) in [5.74, 6) is -0.330. The molecule has 1 aromatic carbocycles. The highest BCUT2D eigenvalue weighted by molar-refractivity contribution is 9.10. The Morgan fingerprint density at radius 1 is 1.33 bits per heavy atom. The molecule has 0 saturated heterocycles. The molecule has 0 spiro atoms. The maximum atomic E-state index is 11.0. The second-order valence-electron chi connectivity index (χ2n) is 5.81. The first-order valence-corrected chi connectivity index (χ1v) is 9.46. The van der Waals surface area contributed by atoms with Crippen LogP contribution < -0.4 is 4.43 Å². The molecule has 0 aromatic heterocycles. The third-order valence-corrected chi connectivity index (χ3v) is 8.35. The second kappa shape index (κ2) is 5.05. The largest absolute Gasteiger partial charge is 0.543 e. The first-order chi connectivity index (χ1) is 8.04. The molecule has 100 valence electrons. The number of halogens is 1. The number of carbonyl (C=O) groups is 1. The summed E-state index contributed by atoms with van der Waals surface area (Å²) in [6.45, 7) is 10.7. The van der Waals surface area contributed by atoms with Gasteiger partial charge in [-0.25, -0.2) is 4.79 Å². The van der Waals surface area contributed by atoms with Gasteiger partial charge in [-0.2, -0.15) is 0 Å². The summed E-state index contributed by atoms with van der Waals surface area (Å²) in [5.41, 5.74) is 0.243. The van der Waals surface area contributed by atoms with Crippen molar-refractivity contribution >= 4 is 30.2 Å². The van der Waals surface area contributed by atoms with Crippen LogP contribution in [-0.4, -0.2) is 19.4 Å². The molecule has 0 aliphatic heterocycles. The van der Waals surface area contributed by atoms with Crippen molar-refractivity contribution in [1.82, 2.24) is 0 Å². The van der Waals surface area contributed by atoms with Crippen molar-refractivity contribution in [1.29, 1.82) is 0 Å². The van der Waals surface area contributed by atoms with E-state index in [4.69, 9.17) is 9.53 Å². The fourth-order valence-corrected chi connectivity index (χ4v) is 2.64. The van der Waals surface area contributed by atoms with E-state index in [0.29, 0.717) is 5.75 Å². The van der Waals surface area contributed by atoms with E-state index in [-0.39, 0.29) is 10.6 Å². The molecule has 0 aliphatic rings. The SMILES string of the molecule is CC(C)(C)[Si](C)(C)Oc1cc(C(=O)O)ccc1Br. The van der Waals surface area contributed by atoms with E-state index in [1.807, 2.05) is 0 Å². The maximum Gasteiger partial charge on any atom is 0.335 e. The van der Waals surface area contributed by atoms with E-state index < -0.39 is 14.3 Å². The highest BCUT2D eigenvalue weighted by Crippen LogP contribution is 2.39. The first-order valence-electron chi connectivity index (χ1n) is 5.76. The topological polar surface area (TPSA) is 46.5 Å². The number of rotatable bonds is 3. The van der Waals surface area contributed by atoms with Crippen LogP contribution in [0.5, 0.6) is 5.75 Å². The van der Waals surface area contributed by atoms with Gasteiger partial charge in [0.2, 0.25) is 0 Å². The Balaban J connectivity index is 3.11. The van der Waals surface area contributed by atoms with Gasteiger partial charge in [0.25, 0.3) is 8.32 Å². The van der Waals surface area contributed by atoms with Gasteiger partial charge in [-0.1, -0.05) is 20.8 Å². The number of carboxylic acids is 1. The van der Waals surface area contributed by atoms with Gasteiger partial charge in [-0.15, -0.1) is 0 Å². The molecular weight excluding hydrogens is 312 g/mol. The molecule has 0 fully saturated rings. The van der Waals surface area contributed by atoms with Crippen LogP contribution in [0, 0.1) is 0 Å². The average Bonchev–Trinajstić information content (AvgIpc) is 2.18. The predicted molar refractivity (Wildman–Crippen MR) is 78.9 cm³/mol. The summed E-state index contributed by atoms with van der Waals surface area (Å²) in [7, 11) is -1.96. The van der Waals surface area contributed by atoms with Crippen LogP contribution in [0.25, 0.3) is 0 Å². The highest BCUT2D eigenvalue weighted by atomic mass is 79.9. The van der Waals surface area contributed by atoms with E-state index in [2.05, 4.69) is 49.8 Å². The van der Waals surface area contributed by atoms with E-state index in [9.17, 15) is 4.79 Å². The number of benzene rings is 1. The minimum atomic E-state index is -1.96. The maximum absolute atomic E-state index is 11.0. The zero-order valence-corrected chi connectivity index (χ0v) is 14.0. The second-order valence-corrected chi connectivity index (χ2v) is 11.4. The zero-order valence-electron chi connectivity index (χ0n) is 11.4. The summed E-state index contributed by atoms with van der Waals surface area (Å²) in [6.07, 6.45) is 0. The number of aromatic carboxylic acids is 1. The molecule has 0 radical (unpaired) electrons. The summed E-state index contributed by atoms with van der Waals surface area (Å²) in [5, 5.41) is 9.07. The van der Waals surface area contributed by atoms with Crippen LogP contribution in [-0.2, 0) is 0 Å². The highest BCUT2D eigenvalue weighted by Gasteiger charge is 2.39. The van der Waals surface area contributed by atoms with E-state index in [1.54, 1.807) is 18.2 Å². The Hall–Kier alpha value is -0.813. The van der Waals surface area contributed by atoms with Crippen LogP contribution in [0.1, 0.15) is 31.1 Å². The summed E-state index contributed by atoms with van der Waals surface area (Å²) < 4.78 is 6.91. The van der Waals surface area contributed by atoms with Gasteiger partial charge < -0.3 is 9.53 Å². The van der Waals surface area contributed by atoms with Crippen LogP contribution in [0.2, 0.25) is 18.1 Å². The smallest absolute Gasteiger partial charge is 0.335 e. The van der Waals surface area contributed by atoms with Gasteiger partial charge >= 0.3 is 5.97 Å². The van der Waals surface area contributed by atoms with Gasteiger partial charge in [-0.05, 0) is 52.3 Å². The number of hydrogen-bond acceptors (Lipinski definition) is 2. The van der Waals surface area contributed by atoms with Crippen LogP contribution in [0.15, 0.2) is 22.7 Å². The van der Waals surface area contributed by atoms with Crippen molar-refractivity contribution in [3.8, 4) is 5.75 Å². The molecule has 3 nitrogen and oxygen atoms in total. The first kappa shape index (κ1) is 15.2. The normalized spacial score (nSPS) is 12.3. The molecule has 18 heavy (non-hydrogen) atoms. The molecule has 0 amide bonds. The number of hydrogen-bond donors (Lipinski definition) is 1. The number of carboxylic acid groups (broad SMARTS) is 1. The van der Waals surface area contributed by atoms with Gasteiger partial charge in [-0.3, -0.25) is 0 Å². The Kier molecular flexibility index (Phi) is 4.28. The molecular formula is C13H19BrO3Si. The summed E-state index contributed by atoms with van der Waals surface area (Å²) >= 11 is 3.40. The molecule has 0 heterocycles. The van der Waals surface area contributed by atoms with Gasteiger partial charge in [0.1, 0.15) is 5.75 Å². The Bertz CT molecular complexity index is 464. The van der Waals surface area contributed by atoms with Crippen LogP contribution in [0.4, 0.5) is 0 Å². The third-order valence-electron chi connectivity index (χ3n) is 3.35. The molecule has 0 unspecified atom stereocenters. The Morgan fingerprint density at radius 2 is 1.89 bits per heavy atom. The lowest BCUT2D eigenvalue weighted by Crippen LogP contribution is -2.44. The molecule has 0 aliphatic carbocycles. The van der Waals surface area contributed by atoms with Crippen molar-refractivity contribution < 1.29 is 14.3 Å². The molecule has 0 saturated carbocycles. The Morgan fingerprint density at radius 3 is 2.33 bits per heavy atom. The zero-order chi connectivity index (χ0) is 14.1. The lowest BCUT2D eigenvalue weighted by atomic mass is 10.2. The minimum absolute atomic E-state index is 0.0751. The van der Waals surface area contributed by atoms with Gasteiger partial charge in [0.15, 0.2) is 0 Å². The van der Waals surface area contributed by atoms with Crippen molar-refractivity contribution in [3.05, 3.63) is 28.2 Å².